The molecule has 1 aromatic heterocycles. The van der Waals surface area contributed by atoms with Crippen LogP contribution < -0.4 is 10.0 Å². The van der Waals surface area contributed by atoms with E-state index in [-0.39, 0.29) is 22.2 Å². The van der Waals surface area contributed by atoms with E-state index < -0.39 is 21.7 Å². The molecule has 2 N–H and O–H groups in total. The highest BCUT2D eigenvalue weighted by Crippen LogP contribution is 2.22. The molecule has 0 unspecified atom stereocenters. The molecule has 0 amide bonds. The zero-order valence-corrected chi connectivity index (χ0v) is 14.4. The van der Waals surface area contributed by atoms with Crippen LogP contribution in [0.15, 0.2) is 59.5 Å². The fourth-order valence-electron chi connectivity index (χ4n) is 2.11. The standard InChI is InChI=1S/C17H14F2N4O2S/c1-11-5-7-12(8-6-11)26(24,25)23-16-10-9-15(21-22-16)20-17-13(18)3-2-4-14(17)19/h2-10H,1H3,(H,20,21)(H,22,23). The number of nitrogens with one attached hydrogen (secondary N) is 2. The Labute approximate surface area is 149 Å². The van der Waals surface area contributed by atoms with Crippen LogP contribution in [0.4, 0.5) is 26.1 Å². The van der Waals surface area contributed by atoms with Crippen LogP contribution in [0, 0.1) is 18.6 Å². The Hall–Kier alpha value is -3.07. The van der Waals surface area contributed by atoms with Gasteiger partial charge in [-0.1, -0.05) is 23.8 Å². The molecule has 0 saturated heterocycles. The predicted molar refractivity (Wildman–Crippen MR) is 93.7 cm³/mol. The highest BCUT2D eigenvalue weighted by molar-refractivity contribution is 7.92. The molecule has 0 aliphatic rings. The van der Waals surface area contributed by atoms with Crippen LogP contribution >= 0.6 is 0 Å². The van der Waals surface area contributed by atoms with Crippen LogP contribution in [-0.4, -0.2) is 18.6 Å². The van der Waals surface area contributed by atoms with E-state index in [0.29, 0.717) is 0 Å². The number of sulfonamides is 1. The predicted octanol–water partition coefficient (Wildman–Crippen LogP) is 3.61. The molecule has 0 fully saturated rings. The minimum absolute atomic E-state index is 0.0230. The zero-order chi connectivity index (χ0) is 18.7. The van der Waals surface area contributed by atoms with E-state index >= 15 is 0 Å². The lowest BCUT2D eigenvalue weighted by Crippen LogP contribution is -2.14. The molecule has 134 valence electrons. The van der Waals surface area contributed by atoms with Crippen molar-refractivity contribution in [1.82, 2.24) is 10.2 Å². The minimum Gasteiger partial charge on any atom is -0.334 e. The number of anilines is 3. The molecular weight excluding hydrogens is 362 g/mol. The number of para-hydroxylation sites is 1. The lowest BCUT2D eigenvalue weighted by atomic mass is 10.2. The molecule has 2 aromatic carbocycles. The highest BCUT2D eigenvalue weighted by Gasteiger charge is 2.15. The second-order valence-electron chi connectivity index (χ2n) is 5.44. The molecule has 0 bridgehead atoms. The van der Waals surface area contributed by atoms with E-state index in [2.05, 4.69) is 20.2 Å². The third-order valence-corrected chi connectivity index (χ3v) is 4.82. The number of halogens is 2. The Kier molecular flexibility index (Phi) is 4.81. The molecule has 0 aliphatic carbocycles. The van der Waals surface area contributed by atoms with Gasteiger partial charge in [-0.05, 0) is 43.3 Å². The Bertz CT molecular complexity index is 1000. The Morgan fingerprint density at radius 3 is 2.00 bits per heavy atom. The molecule has 3 rings (SSSR count). The van der Waals surface area contributed by atoms with Gasteiger partial charge >= 0.3 is 0 Å². The van der Waals surface area contributed by atoms with Gasteiger partial charge in [0, 0.05) is 0 Å². The number of aryl methyl sites for hydroxylation is 1. The monoisotopic (exact) mass is 376 g/mol. The summed E-state index contributed by atoms with van der Waals surface area (Å²) < 4.78 is 54.1. The van der Waals surface area contributed by atoms with Gasteiger partial charge in [-0.15, -0.1) is 10.2 Å². The lowest BCUT2D eigenvalue weighted by Gasteiger charge is -2.09. The van der Waals surface area contributed by atoms with Crippen molar-refractivity contribution in [2.45, 2.75) is 11.8 Å². The maximum atomic E-state index is 13.6. The van der Waals surface area contributed by atoms with E-state index in [4.69, 9.17) is 0 Å². The maximum absolute atomic E-state index is 13.6. The molecule has 3 aromatic rings. The third-order valence-electron chi connectivity index (χ3n) is 3.45. The first kappa shape index (κ1) is 17.7. The van der Waals surface area contributed by atoms with Gasteiger partial charge in [-0.3, -0.25) is 4.72 Å². The van der Waals surface area contributed by atoms with Gasteiger partial charge in [0.25, 0.3) is 10.0 Å². The average molecular weight is 376 g/mol. The largest absolute Gasteiger partial charge is 0.334 e. The van der Waals surface area contributed by atoms with Gasteiger partial charge in [0.1, 0.15) is 17.3 Å². The topological polar surface area (TPSA) is 84.0 Å². The fraction of sp³-hybridized carbons (Fsp3) is 0.0588. The lowest BCUT2D eigenvalue weighted by molar-refractivity contribution is 0.590. The number of rotatable bonds is 5. The number of aromatic nitrogens is 2. The van der Waals surface area contributed by atoms with Gasteiger partial charge in [0.15, 0.2) is 11.6 Å². The van der Waals surface area contributed by atoms with Crippen molar-refractivity contribution >= 4 is 27.3 Å². The summed E-state index contributed by atoms with van der Waals surface area (Å²) in [5, 5.41) is 9.91. The molecule has 6 nitrogen and oxygen atoms in total. The van der Waals surface area contributed by atoms with E-state index in [0.717, 1.165) is 17.7 Å². The first-order chi connectivity index (χ1) is 12.3. The van der Waals surface area contributed by atoms with E-state index in [1.165, 1.54) is 30.3 Å². The van der Waals surface area contributed by atoms with E-state index in [1.54, 1.807) is 12.1 Å². The summed E-state index contributed by atoms with van der Waals surface area (Å²) in [6, 6.07) is 12.4. The Balaban J connectivity index is 1.76. The second-order valence-corrected chi connectivity index (χ2v) is 7.13. The molecule has 9 heteroatoms. The van der Waals surface area contributed by atoms with Crippen molar-refractivity contribution in [3.05, 3.63) is 71.8 Å². The molecule has 0 saturated carbocycles. The summed E-state index contributed by atoms with van der Waals surface area (Å²) in [5.74, 6) is -1.52. The van der Waals surface area contributed by atoms with Crippen molar-refractivity contribution < 1.29 is 17.2 Å². The molecule has 1 heterocycles. The molecule has 0 spiro atoms. The Morgan fingerprint density at radius 2 is 1.42 bits per heavy atom. The van der Waals surface area contributed by atoms with Crippen LogP contribution in [-0.2, 0) is 10.0 Å². The molecular formula is C17H14F2N4O2S. The van der Waals surface area contributed by atoms with Crippen molar-refractivity contribution in [1.29, 1.82) is 0 Å². The van der Waals surface area contributed by atoms with E-state index in [9.17, 15) is 17.2 Å². The number of benzene rings is 2. The first-order valence-electron chi connectivity index (χ1n) is 7.49. The summed E-state index contributed by atoms with van der Waals surface area (Å²) in [5.41, 5.74) is 0.564. The van der Waals surface area contributed by atoms with Crippen molar-refractivity contribution in [2.24, 2.45) is 0 Å². The van der Waals surface area contributed by atoms with Crippen molar-refractivity contribution in [2.75, 3.05) is 10.0 Å². The smallest absolute Gasteiger partial charge is 0.263 e. The van der Waals surface area contributed by atoms with Crippen LogP contribution in [0.2, 0.25) is 0 Å². The van der Waals surface area contributed by atoms with Crippen molar-refractivity contribution in [3.63, 3.8) is 0 Å². The number of nitrogens with zero attached hydrogens (tertiary/aromatic N) is 2. The highest BCUT2D eigenvalue weighted by atomic mass is 32.2. The first-order valence-corrected chi connectivity index (χ1v) is 8.98. The van der Waals surface area contributed by atoms with Crippen LogP contribution in [0.5, 0.6) is 0 Å². The SMILES string of the molecule is Cc1ccc(S(=O)(=O)Nc2ccc(Nc3c(F)cccc3F)nn2)cc1. The normalized spacial score (nSPS) is 11.2. The summed E-state index contributed by atoms with van der Waals surface area (Å²) in [6.45, 7) is 1.85. The quantitative estimate of drug-likeness (QED) is 0.711. The number of hydrogen-bond donors (Lipinski definition) is 2. The van der Waals surface area contributed by atoms with Gasteiger partial charge in [-0.2, -0.15) is 0 Å². The van der Waals surface area contributed by atoms with Crippen LogP contribution in [0.3, 0.4) is 0 Å². The summed E-state index contributed by atoms with van der Waals surface area (Å²) >= 11 is 0. The van der Waals surface area contributed by atoms with Gasteiger partial charge in [0.05, 0.1) is 4.90 Å². The van der Waals surface area contributed by atoms with Gasteiger partial charge in [-0.25, -0.2) is 17.2 Å². The fourth-order valence-corrected chi connectivity index (χ4v) is 3.11. The van der Waals surface area contributed by atoms with E-state index in [1.807, 2.05) is 6.92 Å². The van der Waals surface area contributed by atoms with Crippen molar-refractivity contribution in [3.8, 4) is 0 Å². The van der Waals surface area contributed by atoms with Crippen LogP contribution in [0.1, 0.15) is 5.56 Å². The van der Waals surface area contributed by atoms with Gasteiger partial charge < -0.3 is 5.32 Å². The second kappa shape index (κ2) is 7.04. The van der Waals surface area contributed by atoms with Crippen LogP contribution in [0.25, 0.3) is 0 Å². The number of hydrogen-bond acceptors (Lipinski definition) is 5. The van der Waals surface area contributed by atoms with Gasteiger partial charge in [0.2, 0.25) is 0 Å². The molecule has 0 radical (unpaired) electrons. The summed E-state index contributed by atoms with van der Waals surface area (Å²) in [7, 11) is -3.81. The maximum Gasteiger partial charge on any atom is 0.263 e. The minimum atomic E-state index is -3.81. The molecule has 0 aliphatic heterocycles. The molecule has 26 heavy (non-hydrogen) atoms. The zero-order valence-electron chi connectivity index (χ0n) is 13.6. The summed E-state index contributed by atoms with van der Waals surface area (Å²) in [4.78, 5) is 0.0838. The third kappa shape index (κ3) is 3.94. The molecule has 0 atom stereocenters. The summed E-state index contributed by atoms with van der Waals surface area (Å²) in [6.07, 6.45) is 0. The average Bonchev–Trinajstić information content (AvgIpc) is 2.60. The Morgan fingerprint density at radius 1 is 0.846 bits per heavy atom.